The zero-order valence-electron chi connectivity index (χ0n) is 47.6. The number of benzene rings is 3. The van der Waals surface area contributed by atoms with E-state index in [1.807, 2.05) is 42.5 Å². The number of nitrogens with one attached hydrogen (secondary N) is 7. The number of hydrogen-bond donors (Lipinski definition) is 13. The van der Waals surface area contributed by atoms with Gasteiger partial charge in [-0.1, -0.05) is 30.3 Å². The fraction of sp³-hybridized carbons (Fsp3) is 0.552. The van der Waals surface area contributed by atoms with E-state index in [0.29, 0.717) is 141 Å². The zero-order chi connectivity index (χ0) is 59.2. The smallest absolute Gasteiger partial charge is 0.251 e. The maximum absolute atomic E-state index is 14.4. The quantitative estimate of drug-likeness (QED) is 0.0249. The molecule has 24 heteroatoms. The number of fused-ring (bicyclic) bond motifs is 3. The Balaban J connectivity index is 1.31. The molecule has 0 aliphatic rings. The number of rotatable bonds is 40. The molecule has 0 unspecified atom stereocenters. The van der Waals surface area contributed by atoms with E-state index in [1.165, 1.54) is 6.92 Å². The molecular formula is C58H89N17O7. The summed E-state index contributed by atoms with van der Waals surface area (Å²) in [5.74, 6) is -3.30. The van der Waals surface area contributed by atoms with Gasteiger partial charge in [0.2, 0.25) is 35.4 Å². The standard InChI is InChI=1S/C58H89N17O7/c1-38(76)44(17-4-10-30-59)65-54(78)46(19-6-12-32-61)67-56(80)48(21-8-14-34-63)69-58(82)49(22-9-15-35-64)70-57(81)47(20-7-13-33-62)68-55(79)45(18-5-11-31-60)66-53(77)40-26-24-39(25-27-40)37-75-50-23-3-2-16-42(50)43-36-41(28-29-51(43)75)52-71-73-74-72-52/h2-3,16,23-29,36,44-49H,4-15,17-22,30-35,37,59-64H2,1H3,(H,65,78)(H,66,77)(H,67,80)(H,68,79)(H,69,82)(H,70,81)(H,71,72,73,74)/t44-,45-,46-,47-,48-,49-/m0/s1. The van der Waals surface area contributed by atoms with Crippen molar-refractivity contribution in [3.05, 3.63) is 77.9 Å². The fourth-order valence-corrected chi connectivity index (χ4v) is 9.87. The monoisotopic (exact) mass is 1140 g/mol. The van der Waals surface area contributed by atoms with E-state index in [-0.39, 0.29) is 37.9 Å². The first kappa shape index (κ1) is 65.6. The Morgan fingerprint density at radius 1 is 0.463 bits per heavy atom. The molecule has 0 spiro atoms. The van der Waals surface area contributed by atoms with Gasteiger partial charge in [0, 0.05) is 39.5 Å². The van der Waals surface area contributed by atoms with Crippen molar-refractivity contribution in [1.29, 1.82) is 0 Å². The molecule has 6 atom stereocenters. The van der Waals surface area contributed by atoms with Crippen molar-refractivity contribution >= 4 is 63.0 Å². The molecule has 0 aliphatic heterocycles. The summed E-state index contributed by atoms with van der Waals surface area (Å²) < 4.78 is 2.21. The number of nitrogens with zero attached hydrogens (tertiary/aromatic N) is 4. The molecule has 0 saturated carbocycles. The lowest BCUT2D eigenvalue weighted by molar-refractivity contribution is -0.135. The van der Waals surface area contributed by atoms with Gasteiger partial charge in [-0.25, -0.2) is 0 Å². The number of unbranched alkanes of at least 4 members (excludes halogenated alkanes) is 6. The molecule has 0 aliphatic carbocycles. The Morgan fingerprint density at radius 3 is 1.26 bits per heavy atom. The van der Waals surface area contributed by atoms with Crippen LogP contribution in [0.3, 0.4) is 0 Å². The van der Waals surface area contributed by atoms with Crippen molar-refractivity contribution in [2.24, 2.45) is 34.4 Å². The highest BCUT2D eigenvalue weighted by Gasteiger charge is 2.33. The van der Waals surface area contributed by atoms with E-state index >= 15 is 0 Å². The van der Waals surface area contributed by atoms with E-state index in [2.05, 4.69) is 69.2 Å². The summed E-state index contributed by atoms with van der Waals surface area (Å²) in [5.41, 5.74) is 38.9. The number of tetrazole rings is 1. The maximum Gasteiger partial charge on any atom is 0.251 e. The lowest BCUT2D eigenvalue weighted by atomic mass is 10.0. The number of carbonyl (C=O) groups excluding carboxylic acids is 7. The highest BCUT2D eigenvalue weighted by Crippen LogP contribution is 2.32. The number of aromatic amines is 1. The van der Waals surface area contributed by atoms with Crippen molar-refractivity contribution in [2.75, 3.05) is 39.3 Å². The molecule has 3 aromatic carbocycles. The second-order valence-corrected chi connectivity index (χ2v) is 20.9. The van der Waals surface area contributed by atoms with Gasteiger partial charge in [-0.3, -0.25) is 33.6 Å². The lowest BCUT2D eigenvalue weighted by Crippen LogP contribution is -2.59. The van der Waals surface area contributed by atoms with Crippen LogP contribution >= 0.6 is 0 Å². The van der Waals surface area contributed by atoms with Crippen LogP contribution in [0.5, 0.6) is 0 Å². The molecule has 19 N–H and O–H groups in total. The first-order valence-electron chi connectivity index (χ1n) is 29.1. The molecule has 6 amide bonds. The predicted octanol–water partition coefficient (Wildman–Crippen LogP) is 1.91. The predicted molar refractivity (Wildman–Crippen MR) is 317 cm³/mol. The number of carbonyl (C=O) groups is 7. The Hall–Kier alpha value is -7.22. The minimum atomic E-state index is -1.17. The largest absolute Gasteiger partial charge is 0.345 e. The van der Waals surface area contributed by atoms with Gasteiger partial charge in [-0.05, 0) is 209 Å². The molecule has 0 radical (unpaired) electrons. The number of para-hydroxylation sites is 1. The third-order valence-electron chi connectivity index (χ3n) is 14.6. The highest BCUT2D eigenvalue weighted by molar-refractivity contribution is 6.09. The van der Waals surface area contributed by atoms with Gasteiger partial charge >= 0.3 is 0 Å². The third kappa shape index (κ3) is 20.3. The van der Waals surface area contributed by atoms with E-state index in [9.17, 15) is 33.6 Å². The molecule has 0 fully saturated rings. The van der Waals surface area contributed by atoms with Crippen LogP contribution < -0.4 is 66.3 Å². The molecule has 2 aromatic heterocycles. The summed E-state index contributed by atoms with van der Waals surface area (Å²) in [4.78, 5) is 97.7. The number of Topliss-reactive ketones (excluding diaryl/α,β-unsaturated/α-hetero) is 1. The number of H-pyrrole nitrogens is 1. The third-order valence-corrected chi connectivity index (χ3v) is 14.6. The first-order chi connectivity index (χ1) is 39.8. The molecule has 5 rings (SSSR count). The SMILES string of the molecule is CC(=O)[C@H](CCCCN)NC(=O)[C@H](CCCCN)NC(=O)[C@H](CCCCN)NC(=O)[C@H](CCCCN)NC(=O)[C@H](CCCCN)NC(=O)[C@H](CCCCN)NC(=O)c1ccc(Cn2c3ccccc3c3cc(-c4nn[nH]n4)ccc32)cc1. The Bertz CT molecular complexity index is 2790. The van der Waals surface area contributed by atoms with Crippen LogP contribution in [0.2, 0.25) is 0 Å². The van der Waals surface area contributed by atoms with Crippen LogP contribution in [0.4, 0.5) is 0 Å². The summed E-state index contributed by atoms with van der Waals surface area (Å²) in [5, 5.41) is 33.7. The van der Waals surface area contributed by atoms with Crippen LogP contribution in [0.25, 0.3) is 33.2 Å². The van der Waals surface area contributed by atoms with Crippen LogP contribution in [-0.4, -0.2) is 142 Å². The van der Waals surface area contributed by atoms with Gasteiger partial charge in [0.15, 0.2) is 5.78 Å². The van der Waals surface area contributed by atoms with Gasteiger partial charge in [-0.15, -0.1) is 10.2 Å². The molecule has 0 bridgehead atoms. The Morgan fingerprint density at radius 2 is 0.854 bits per heavy atom. The van der Waals surface area contributed by atoms with Crippen molar-refractivity contribution in [3.8, 4) is 11.4 Å². The van der Waals surface area contributed by atoms with Crippen LogP contribution in [0.15, 0.2) is 66.7 Å². The topological polar surface area (TPSA) is 407 Å². The van der Waals surface area contributed by atoms with Gasteiger partial charge in [0.05, 0.1) is 6.04 Å². The number of aromatic nitrogens is 5. The van der Waals surface area contributed by atoms with Crippen LogP contribution in [0, 0.1) is 0 Å². The minimum Gasteiger partial charge on any atom is -0.345 e. The van der Waals surface area contributed by atoms with E-state index < -0.39 is 71.7 Å². The van der Waals surface area contributed by atoms with E-state index in [1.54, 1.807) is 12.1 Å². The average Bonchev–Trinajstić information content (AvgIpc) is 4.34. The Labute approximate surface area is 480 Å². The van der Waals surface area contributed by atoms with Gasteiger partial charge in [-0.2, -0.15) is 5.21 Å². The fourth-order valence-electron chi connectivity index (χ4n) is 9.87. The molecular weight excluding hydrogens is 1050 g/mol. The second-order valence-electron chi connectivity index (χ2n) is 20.9. The normalized spacial score (nSPS) is 13.6. The zero-order valence-corrected chi connectivity index (χ0v) is 47.6. The van der Waals surface area contributed by atoms with Crippen molar-refractivity contribution in [1.82, 2.24) is 57.1 Å². The number of amides is 6. The molecule has 24 nitrogen and oxygen atoms in total. The number of nitrogens with two attached hydrogens (primary N) is 6. The molecule has 0 saturated heterocycles. The van der Waals surface area contributed by atoms with Crippen molar-refractivity contribution in [3.63, 3.8) is 0 Å². The molecule has 2 heterocycles. The molecule has 448 valence electrons. The Kier molecular flexibility index (Phi) is 28.5. The minimum absolute atomic E-state index is 0.148. The summed E-state index contributed by atoms with van der Waals surface area (Å²) in [6, 6.07) is 15.0. The first-order valence-corrected chi connectivity index (χ1v) is 29.1. The summed E-state index contributed by atoms with van der Waals surface area (Å²) >= 11 is 0. The average molecular weight is 1140 g/mol. The van der Waals surface area contributed by atoms with Gasteiger partial charge in [0.1, 0.15) is 30.2 Å². The van der Waals surface area contributed by atoms with Gasteiger partial charge < -0.3 is 70.9 Å². The van der Waals surface area contributed by atoms with E-state index in [0.717, 1.165) is 32.9 Å². The van der Waals surface area contributed by atoms with E-state index in [4.69, 9.17) is 34.4 Å². The molecule has 82 heavy (non-hydrogen) atoms. The summed E-state index contributed by atoms with van der Waals surface area (Å²) in [6.07, 6.45) is 7.75. The van der Waals surface area contributed by atoms with Crippen LogP contribution in [0.1, 0.15) is 138 Å². The maximum atomic E-state index is 14.4. The number of hydrogen-bond acceptors (Lipinski definition) is 16. The summed E-state index contributed by atoms with van der Waals surface area (Å²) in [7, 11) is 0. The molecule has 5 aromatic rings. The van der Waals surface area contributed by atoms with Gasteiger partial charge in [0.25, 0.3) is 5.91 Å². The van der Waals surface area contributed by atoms with Crippen molar-refractivity contribution in [2.45, 2.75) is 165 Å². The van der Waals surface area contributed by atoms with Crippen LogP contribution in [-0.2, 0) is 35.3 Å². The second kappa shape index (κ2) is 35.6. The number of ketones is 1. The lowest BCUT2D eigenvalue weighted by Gasteiger charge is -2.28. The van der Waals surface area contributed by atoms with Crippen molar-refractivity contribution < 1.29 is 33.6 Å². The highest BCUT2D eigenvalue weighted by atomic mass is 16.2. The summed E-state index contributed by atoms with van der Waals surface area (Å²) in [6.45, 7) is 4.06.